The van der Waals surface area contributed by atoms with Crippen molar-refractivity contribution >= 4 is 23.3 Å². The molecule has 0 bridgehead atoms. The second kappa shape index (κ2) is 8.52. The van der Waals surface area contributed by atoms with Crippen molar-refractivity contribution in [1.29, 1.82) is 0 Å². The summed E-state index contributed by atoms with van der Waals surface area (Å²) in [6.45, 7) is 3.70. The fourth-order valence-corrected chi connectivity index (χ4v) is 3.31. The van der Waals surface area contributed by atoms with E-state index in [9.17, 15) is 13.6 Å². The molecule has 0 saturated heterocycles. The Morgan fingerprint density at radius 2 is 1.94 bits per heavy atom. The molecule has 2 aromatic heterocycles. The topological polar surface area (TPSA) is 89.9 Å². The van der Waals surface area contributed by atoms with Gasteiger partial charge in [-0.15, -0.1) is 0 Å². The molecule has 0 saturated carbocycles. The summed E-state index contributed by atoms with van der Waals surface area (Å²) in [5, 5.41) is 2.84. The number of amides is 1. The quantitative estimate of drug-likeness (QED) is 0.474. The van der Waals surface area contributed by atoms with Crippen LogP contribution in [0.15, 0.2) is 48.8 Å². The van der Waals surface area contributed by atoms with Gasteiger partial charge in [-0.05, 0) is 43.7 Å². The van der Waals surface area contributed by atoms with E-state index in [-0.39, 0.29) is 5.82 Å². The van der Waals surface area contributed by atoms with Gasteiger partial charge in [-0.1, -0.05) is 12.1 Å². The normalized spacial score (nSPS) is 10.7. The van der Waals surface area contributed by atoms with E-state index in [4.69, 9.17) is 4.74 Å². The van der Waals surface area contributed by atoms with Gasteiger partial charge in [0, 0.05) is 17.1 Å². The molecule has 31 heavy (non-hydrogen) atoms. The summed E-state index contributed by atoms with van der Waals surface area (Å²) >= 11 is 1.16. The van der Waals surface area contributed by atoms with Gasteiger partial charge in [-0.25, -0.2) is 13.8 Å². The molecule has 4 aromatic rings. The number of nitrogens with zero attached hydrogens (tertiary/aromatic N) is 4. The minimum Gasteiger partial charge on any atom is -0.430 e. The highest BCUT2D eigenvalue weighted by atomic mass is 32.1. The number of carbonyl (C=O) groups is 1. The van der Waals surface area contributed by atoms with E-state index in [0.717, 1.165) is 28.7 Å². The van der Waals surface area contributed by atoms with Crippen LogP contribution >= 0.6 is 11.5 Å². The maximum Gasteiger partial charge on any atom is 0.298 e. The third kappa shape index (κ3) is 4.53. The molecular formula is C21H15F2N5O2S. The molecule has 7 nitrogen and oxygen atoms in total. The van der Waals surface area contributed by atoms with Crippen molar-refractivity contribution in [2.75, 3.05) is 5.32 Å². The zero-order valence-electron chi connectivity index (χ0n) is 16.4. The Bertz CT molecular complexity index is 1260. The monoisotopic (exact) mass is 439 g/mol. The van der Waals surface area contributed by atoms with Gasteiger partial charge in [0.15, 0.2) is 17.5 Å². The molecular weight excluding hydrogens is 424 g/mol. The zero-order valence-corrected chi connectivity index (χ0v) is 17.2. The van der Waals surface area contributed by atoms with E-state index in [0.29, 0.717) is 22.5 Å². The molecule has 1 N–H and O–H groups in total. The van der Waals surface area contributed by atoms with Crippen molar-refractivity contribution in [2.45, 2.75) is 13.8 Å². The number of rotatable bonds is 5. The Morgan fingerprint density at radius 3 is 2.65 bits per heavy atom. The first kappa shape index (κ1) is 20.5. The molecule has 0 aliphatic carbocycles. The molecule has 2 heterocycles. The van der Waals surface area contributed by atoms with Gasteiger partial charge in [-0.2, -0.15) is 9.36 Å². The summed E-state index contributed by atoms with van der Waals surface area (Å²) in [4.78, 5) is 24.9. The van der Waals surface area contributed by atoms with Crippen molar-refractivity contribution in [3.63, 3.8) is 0 Å². The van der Waals surface area contributed by atoms with E-state index >= 15 is 0 Å². The summed E-state index contributed by atoms with van der Waals surface area (Å²) < 4.78 is 36.9. The van der Waals surface area contributed by atoms with Gasteiger partial charge in [0.2, 0.25) is 0 Å². The number of ether oxygens (including phenoxy) is 1. The third-order valence-electron chi connectivity index (χ3n) is 4.29. The van der Waals surface area contributed by atoms with Crippen LogP contribution in [0.1, 0.15) is 21.7 Å². The predicted octanol–water partition coefficient (Wildman–Crippen LogP) is 4.93. The number of benzene rings is 2. The smallest absolute Gasteiger partial charge is 0.298 e. The molecule has 0 aliphatic rings. The van der Waals surface area contributed by atoms with Crippen LogP contribution in [-0.2, 0) is 0 Å². The average molecular weight is 439 g/mol. The van der Waals surface area contributed by atoms with Crippen LogP contribution in [0.25, 0.3) is 11.3 Å². The van der Waals surface area contributed by atoms with E-state index in [1.807, 2.05) is 19.1 Å². The Labute approximate surface area is 180 Å². The highest BCUT2D eigenvalue weighted by Crippen LogP contribution is 2.30. The Hall–Kier alpha value is -3.79. The van der Waals surface area contributed by atoms with Crippen molar-refractivity contribution < 1.29 is 18.3 Å². The van der Waals surface area contributed by atoms with Crippen LogP contribution in [0.5, 0.6) is 10.9 Å². The van der Waals surface area contributed by atoms with E-state index in [1.54, 1.807) is 13.0 Å². The van der Waals surface area contributed by atoms with Gasteiger partial charge in [0.1, 0.15) is 11.6 Å². The Balaban J connectivity index is 1.53. The van der Waals surface area contributed by atoms with Crippen molar-refractivity contribution in [2.24, 2.45) is 0 Å². The van der Waals surface area contributed by atoms with Crippen LogP contribution < -0.4 is 10.1 Å². The lowest BCUT2D eigenvalue weighted by Crippen LogP contribution is -2.15. The summed E-state index contributed by atoms with van der Waals surface area (Å²) in [6, 6.07) is 8.87. The SMILES string of the molecule is Cc1nsc(Oc2ccc(C)c(-c3cnc(NC(=O)c4cccc(F)c4F)cn3)c2)n1. The maximum atomic E-state index is 13.8. The number of aryl methyl sites for hydroxylation is 2. The van der Waals surface area contributed by atoms with Crippen LogP contribution in [-0.4, -0.2) is 25.2 Å². The van der Waals surface area contributed by atoms with Gasteiger partial charge >= 0.3 is 0 Å². The minimum atomic E-state index is -1.22. The van der Waals surface area contributed by atoms with Crippen LogP contribution in [0, 0.1) is 25.5 Å². The predicted molar refractivity (Wildman–Crippen MR) is 111 cm³/mol. The minimum absolute atomic E-state index is 0.104. The fraction of sp³-hybridized carbons (Fsp3) is 0.0952. The number of halogens is 2. The highest BCUT2D eigenvalue weighted by molar-refractivity contribution is 7.07. The molecule has 2 aromatic carbocycles. The Kier molecular flexibility index (Phi) is 5.63. The van der Waals surface area contributed by atoms with Crippen molar-refractivity contribution in [3.8, 4) is 22.2 Å². The number of anilines is 1. The van der Waals surface area contributed by atoms with Gasteiger partial charge in [0.25, 0.3) is 11.1 Å². The van der Waals surface area contributed by atoms with Crippen LogP contribution in [0.3, 0.4) is 0 Å². The third-order valence-corrected chi connectivity index (χ3v) is 4.98. The molecule has 0 radical (unpaired) electrons. The summed E-state index contributed by atoms with van der Waals surface area (Å²) in [6.07, 6.45) is 2.81. The molecule has 4 rings (SSSR count). The number of carbonyl (C=O) groups excluding carboxylic acids is 1. The molecule has 0 fully saturated rings. The second-order valence-corrected chi connectivity index (χ2v) is 7.24. The first-order valence-corrected chi connectivity index (χ1v) is 9.84. The second-order valence-electron chi connectivity index (χ2n) is 6.53. The van der Waals surface area contributed by atoms with Crippen molar-refractivity contribution in [1.82, 2.24) is 19.3 Å². The number of hydrogen-bond donors (Lipinski definition) is 1. The van der Waals surface area contributed by atoms with Crippen LogP contribution in [0.4, 0.5) is 14.6 Å². The zero-order chi connectivity index (χ0) is 22.0. The molecule has 0 spiro atoms. The van der Waals surface area contributed by atoms with Crippen LogP contribution in [0.2, 0.25) is 0 Å². The molecule has 0 aliphatic heterocycles. The number of nitrogens with one attached hydrogen (secondary N) is 1. The lowest BCUT2D eigenvalue weighted by molar-refractivity contribution is 0.102. The first-order chi connectivity index (χ1) is 14.9. The van der Waals surface area contributed by atoms with E-state index < -0.39 is 23.1 Å². The molecule has 0 atom stereocenters. The standard InChI is InChI=1S/C21H15F2N5O2S/c1-11-6-7-13(30-21-26-12(2)28-31-21)8-15(11)17-9-25-18(10-24-17)27-20(29)14-4-3-5-16(22)19(14)23/h3-10H,1-2H3,(H,25,27,29). The first-order valence-electron chi connectivity index (χ1n) is 9.07. The van der Waals surface area contributed by atoms with Crippen molar-refractivity contribution in [3.05, 3.63) is 77.4 Å². The van der Waals surface area contributed by atoms with Gasteiger partial charge in [-0.3, -0.25) is 9.78 Å². The Morgan fingerprint density at radius 1 is 1.10 bits per heavy atom. The molecule has 156 valence electrons. The summed E-state index contributed by atoms with van der Waals surface area (Å²) in [7, 11) is 0. The molecule has 10 heteroatoms. The average Bonchev–Trinajstić information content (AvgIpc) is 3.16. The van der Waals surface area contributed by atoms with E-state index in [2.05, 4.69) is 24.6 Å². The van der Waals surface area contributed by atoms with Gasteiger partial charge in [0.05, 0.1) is 23.7 Å². The maximum absolute atomic E-state index is 13.8. The summed E-state index contributed by atoms with van der Waals surface area (Å²) in [5.41, 5.74) is 1.85. The fourth-order valence-electron chi connectivity index (χ4n) is 2.76. The number of aromatic nitrogens is 4. The lowest BCUT2D eigenvalue weighted by atomic mass is 10.1. The lowest BCUT2D eigenvalue weighted by Gasteiger charge is -2.09. The van der Waals surface area contributed by atoms with E-state index in [1.165, 1.54) is 24.5 Å². The number of hydrogen-bond acceptors (Lipinski definition) is 7. The van der Waals surface area contributed by atoms with Gasteiger partial charge < -0.3 is 10.1 Å². The molecule has 0 unspecified atom stereocenters. The largest absolute Gasteiger partial charge is 0.430 e. The summed E-state index contributed by atoms with van der Waals surface area (Å²) in [5.74, 6) is -1.84. The molecule has 1 amide bonds. The highest BCUT2D eigenvalue weighted by Gasteiger charge is 2.16.